The molecule has 0 spiro atoms. The number of nitrogens with zero attached hydrogens (tertiary/aromatic N) is 2. The van der Waals surface area contributed by atoms with Crippen LogP contribution in [0.3, 0.4) is 0 Å². The Balaban J connectivity index is 1.72. The normalized spacial score (nSPS) is 11.3. The maximum atomic E-state index is 11.8. The van der Waals surface area contributed by atoms with E-state index in [9.17, 15) is 9.90 Å². The molecule has 1 amide bonds. The van der Waals surface area contributed by atoms with Gasteiger partial charge in [0.05, 0.1) is 17.8 Å². The third kappa shape index (κ3) is 3.41. The molecule has 0 aliphatic carbocycles. The van der Waals surface area contributed by atoms with E-state index in [1.54, 1.807) is 0 Å². The Morgan fingerprint density at radius 3 is 2.93 bits per heavy atom. The molecule has 0 radical (unpaired) electrons. The molecule has 4 aromatic rings. The van der Waals surface area contributed by atoms with E-state index in [0.29, 0.717) is 12.4 Å². The summed E-state index contributed by atoms with van der Waals surface area (Å²) in [6, 6.07) is 13.8. The number of aliphatic hydroxyl groups excluding tert-OH is 1. The lowest BCUT2D eigenvalue weighted by atomic mass is 10.1. The Hall–Kier alpha value is -2.83. The number of amides is 1. The fraction of sp³-hybridized carbons (Fsp3) is 0.200. The number of aliphatic hydroxyl groups is 1. The SMILES string of the molecule is O=C(CCCl)Nc1ccc2[nH]nc(-c3ccc4c(ccn4CCO)c3)c2c1. The first-order valence-corrected chi connectivity index (χ1v) is 9.27. The fourth-order valence-electron chi connectivity index (χ4n) is 3.27. The van der Waals surface area contributed by atoms with Gasteiger partial charge >= 0.3 is 0 Å². The Morgan fingerprint density at radius 1 is 1.22 bits per heavy atom. The van der Waals surface area contributed by atoms with Gasteiger partial charge in [-0.15, -0.1) is 11.6 Å². The molecule has 27 heavy (non-hydrogen) atoms. The number of carbonyl (C=O) groups is 1. The second-order valence-electron chi connectivity index (χ2n) is 6.33. The summed E-state index contributed by atoms with van der Waals surface area (Å²) in [5.41, 5.74) is 4.50. The summed E-state index contributed by atoms with van der Waals surface area (Å²) in [5, 5.41) is 21.6. The molecule has 4 rings (SSSR count). The van der Waals surface area contributed by atoms with Gasteiger partial charge in [0.2, 0.25) is 5.91 Å². The summed E-state index contributed by atoms with van der Waals surface area (Å²) in [5.74, 6) is 0.182. The van der Waals surface area contributed by atoms with Crippen molar-refractivity contribution in [2.45, 2.75) is 13.0 Å². The number of fused-ring (bicyclic) bond motifs is 2. The highest BCUT2D eigenvalue weighted by Crippen LogP contribution is 2.31. The van der Waals surface area contributed by atoms with Crippen molar-refractivity contribution in [3.05, 3.63) is 48.7 Å². The van der Waals surface area contributed by atoms with E-state index in [2.05, 4.69) is 21.6 Å². The first-order chi connectivity index (χ1) is 13.2. The highest BCUT2D eigenvalue weighted by molar-refractivity contribution is 6.19. The van der Waals surface area contributed by atoms with Gasteiger partial charge in [0.15, 0.2) is 0 Å². The average Bonchev–Trinajstić information content (AvgIpc) is 3.26. The molecule has 7 heteroatoms. The molecule has 2 aromatic carbocycles. The van der Waals surface area contributed by atoms with Crippen LogP contribution in [0.1, 0.15) is 6.42 Å². The summed E-state index contributed by atoms with van der Waals surface area (Å²) in [7, 11) is 0. The van der Waals surface area contributed by atoms with Crippen molar-refractivity contribution in [1.29, 1.82) is 0 Å². The second-order valence-corrected chi connectivity index (χ2v) is 6.70. The molecule has 0 atom stereocenters. The summed E-state index contributed by atoms with van der Waals surface area (Å²) in [6.07, 6.45) is 2.25. The first-order valence-electron chi connectivity index (χ1n) is 8.73. The quantitative estimate of drug-likeness (QED) is 0.444. The van der Waals surface area contributed by atoms with Crippen LogP contribution in [0.15, 0.2) is 48.7 Å². The predicted molar refractivity (Wildman–Crippen MR) is 108 cm³/mol. The van der Waals surface area contributed by atoms with Gasteiger partial charge in [-0.05, 0) is 36.4 Å². The van der Waals surface area contributed by atoms with E-state index < -0.39 is 0 Å². The Labute approximate surface area is 160 Å². The number of aromatic amines is 1. The second kappa shape index (κ2) is 7.42. The smallest absolute Gasteiger partial charge is 0.225 e. The molecular formula is C20H19ClN4O2. The number of alkyl halides is 1. The van der Waals surface area contributed by atoms with Crippen LogP contribution in [0.4, 0.5) is 5.69 Å². The monoisotopic (exact) mass is 382 g/mol. The summed E-state index contributed by atoms with van der Waals surface area (Å²) in [4.78, 5) is 11.8. The van der Waals surface area contributed by atoms with E-state index in [1.165, 1.54) is 0 Å². The number of carbonyl (C=O) groups excluding carboxylic acids is 1. The lowest BCUT2D eigenvalue weighted by Gasteiger charge is -2.06. The minimum atomic E-state index is -0.110. The minimum absolute atomic E-state index is 0.105. The molecule has 3 N–H and O–H groups in total. The predicted octanol–water partition coefficient (Wildman–Crippen LogP) is 3.74. The van der Waals surface area contributed by atoms with E-state index in [1.807, 2.05) is 47.2 Å². The van der Waals surface area contributed by atoms with Crippen LogP contribution in [-0.2, 0) is 11.3 Å². The Bertz CT molecular complexity index is 1120. The zero-order chi connectivity index (χ0) is 18.8. The largest absolute Gasteiger partial charge is 0.395 e. The number of hydrogen-bond acceptors (Lipinski definition) is 3. The number of aromatic nitrogens is 3. The number of rotatable bonds is 6. The van der Waals surface area contributed by atoms with Gasteiger partial charge in [-0.3, -0.25) is 9.89 Å². The topological polar surface area (TPSA) is 82.9 Å². The number of nitrogens with one attached hydrogen (secondary N) is 2. The van der Waals surface area contributed by atoms with Crippen LogP contribution in [0.5, 0.6) is 0 Å². The standard InChI is InChI=1S/C20H19ClN4O2/c21-7-5-19(27)22-15-2-3-17-16(12-15)20(24-23-17)14-1-4-18-13(11-14)6-8-25(18)9-10-26/h1-4,6,8,11-12,26H,5,7,9-10H2,(H,22,27)(H,23,24). The van der Waals surface area contributed by atoms with Gasteiger partial charge < -0.3 is 15.0 Å². The Kier molecular flexibility index (Phi) is 4.83. The van der Waals surface area contributed by atoms with Gasteiger partial charge in [0.1, 0.15) is 0 Å². The molecule has 2 aromatic heterocycles. The maximum absolute atomic E-state index is 11.8. The van der Waals surface area contributed by atoms with Gasteiger partial charge in [0.25, 0.3) is 0 Å². The number of hydrogen-bond donors (Lipinski definition) is 3. The van der Waals surface area contributed by atoms with Crippen molar-refractivity contribution in [3.8, 4) is 11.3 Å². The van der Waals surface area contributed by atoms with E-state index in [-0.39, 0.29) is 18.9 Å². The van der Waals surface area contributed by atoms with Crippen LogP contribution >= 0.6 is 11.6 Å². The molecule has 6 nitrogen and oxygen atoms in total. The summed E-state index contributed by atoms with van der Waals surface area (Å²) < 4.78 is 2.02. The third-order valence-corrected chi connectivity index (χ3v) is 4.74. The lowest BCUT2D eigenvalue weighted by Crippen LogP contribution is -2.11. The van der Waals surface area contributed by atoms with Crippen molar-refractivity contribution >= 4 is 45.0 Å². The summed E-state index contributed by atoms with van der Waals surface area (Å²) in [6.45, 7) is 0.674. The minimum Gasteiger partial charge on any atom is -0.395 e. The number of H-pyrrole nitrogens is 1. The number of anilines is 1. The summed E-state index contributed by atoms with van der Waals surface area (Å²) >= 11 is 5.62. The highest BCUT2D eigenvalue weighted by atomic mass is 35.5. The first kappa shape index (κ1) is 17.6. The molecule has 2 heterocycles. The van der Waals surface area contributed by atoms with Gasteiger partial charge in [-0.1, -0.05) is 6.07 Å². The lowest BCUT2D eigenvalue weighted by molar-refractivity contribution is -0.115. The van der Waals surface area contributed by atoms with Gasteiger partial charge in [-0.2, -0.15) is 5.10 Å². The zero-order valence-corrected chi connectivity index (χ0v) is 15.3. The van der Waals surface area contributed by atoms with Gasteiger partial charge in [0, 0.05) is 52.6 Å². The van der Waals surface area contributed by atoms with Crippen LogP contribution in [0.2, 0.25) is 0 Å². The van der Waals surface area contributed by atoms with Crippen LogP contribution in [0.25, 0.3) is 33.1 Å². The van der Waals surface area contributed by atoms with Crippen molar-refractivity contribution < 1.29 is 9.90 Å². The third-order valence-electron chi connectivity index (χ3n) is 4.55. The Morgan fingerprint density at radius 2 is 2.11 bits per heavy atom. The van der Waals surface area contributed by atoms with E-state index in [4.69, 9.17) is 11.6 Å². The maximum Gasteiger partial charge on any atom is 0.225 e. The average molecular weight is 383 g/mol. The molecule has 0 aliphatic heterocycles. The van der Waals surface area contributed by atoms with Crippen molar-refractivity contribution in [3.63, 3.8) is 0 Å². The molecule has 0 saturated heterocycles. The fourth-order valence-corrected chi connectivity index (χ4v) is 3.44. The van der Waals surface area contributed by atoms with Crippen LogP contribution in [0, 0.1) is 0 Å². The van der Waals surface area contributed by atoms with E-state index >= 15 is 0 Å². The van der Waals surface area contributed by atoms with Crippen molar-refractivity contribution in [1.82, 2.24) is 14.8 Å². The molecular weight excluding hydrogens is 364 g/mol. The number of halogens is 1. The number of benzene rings is 2. The van der Waals surface area contributed by atoms with Crippen LogP contribution < -0.4 is 5.32 Å². The molecule has 0 fully saturated rings. The van der Waals surface area contributed by atoms with Gasteiger partial charge in [-0.25, -0.2) is 0 Å². The molecule has 0 unspecified atom stereocenters. The highest BCUT2D eigenvalue weighted by Gasteiger charge is 2.11. The molecule has 0 aliphatic rings. The van der Waals surface area contributed by atoms with Crippen molar-refractivity contribution in [2.24, 2.45) is 0 Å². The van der Waals surface area contributed by atoms with Crippen LogP contribution in [-0.4, -0.2) is 38.3 Å². The zero-order valence-electron chi connectivity index (χ0n) is 14.6. The van der Waals surface area contributed by atoms with E-state index in [0.717, 1.165) is 38.8 Å². The molecule has 0 saturated carbocycles. The molecule has 0 bridgehead atoms. The van der Waals surface area contributed by atoms with Crippen molar-refractivity contribution in [2.75, 3.05) is 17.8 Å². The molecule has 138 valence electrons.